The number of aromatic nitrogens is 1. The van der Waals surface area contributed by atoms with Crippen LogP contribution in [0.1, 0.15) is 0 Å². The highest BCUT2D eigenvalue weighted by Gasteiger charge is 2.37. The van der Waals surface area contributed by atoms with Crippen molar-refractivity contribution in [3.63, 3.8) is 0 Å². The fourth-order valence-corrected chi connectivity index (χ4v) is 5.62. The van der Waals surface area contributed by atoms with Crippen LogP contribution in [0.25, 0.3) is 0 Å². The lowest BCUT2D eigenvalue weighted by Gasteiger charge is -2.35. The zero-order valence-corrected chi connectivity index (χ0v) is 14.8. The molecule has 7 nitrogen and oxygen atoms in total. The standard InChI is InChI=1S/C15H21ClN4O3S/c16-12-10-24(22,23)11-13(12)18-15(21)9-19-5-7-20(8-6-19)14-3-1-2-4-17-14/h1-4,12-13H,5-11H2,(H,18,21)/t12-,13+/m1/s1. The molecule has 2 fully saturated rings. The van der Waals surface area contributed by atoms with Crippen LogP contribution in [0, 0.1) is 0 Å². The first-order valence-electron chi connectivity index (χ1n) is 7.95. The molecule has 132 valence electrons. The summed E-state index contributed by atoms with van der Waals surface area (Å²) in [5, 5.41) is 2.22. The van der Waals surface area contributed by atoms with Gasteiger partial charge in [0.2, 0.25) is 5.91 Å². The van der Waals surface area contributed by atoms with E-state index in [2.05, 4.69) is 20.1 Å². The Hall–Kier alpha value is -1.38. The summed E-state index contributed by atoms with van der Waals surface area (Å²) in [6, 6.07) is 5.33. The number of pyridine rings is 1. The van der Waals surface area contributed by atoms with Gasteiger partial charge >= 0.3 is 0 Å². The Morgan fingerprint density at radius 2 is 2.00 bits per heavy atom. The normalized spacial score (nSPS) is 27.1. The molecule has 2 atom stereocenters. The van der Waals surface area contributed by atoms with Gasteiger partial charge in [-0.05, 0) is 12.1 Å². The van der Waals surface area contributed by atoms with Crippen LogP contribution in [-0.4, -0.2) is 79.9 Å². The molecule has 0 unspecified atom stereocenters. The number of sulfone groups is 1. The molecule has 1 amide bonds. The van der Waals surface area contributed by atoms with E-state index >= 15 is 0 Å². The van der Waals surface area contributed by atoms with E-state index in [0.717, 1.165) is 32.0 Å². The summed E-state index contributed by atoms with van der Waals surface area (Å²) in [5.74, 6) is 0.639. The molecule has 3 rings (SSSR count). The second-order valence-corrected chi connectivity index (χ2v) is 8.93. The number of piperazine rings is 1. The van der Waals surface area contributed by atoms with Gasteiger partial charge in [-0.1, -0.05) is 6.07 Å². The molecule has 0 bridgehead atoms. The van der Waals surface area contributed by atoms with Gasteiger partial charge < -0.3 is 10.2 Å². The lowest BCUT2D eigenvalue weighted by atomic mass is 10.2. The van der Waals surface area contributed by atoms with Crippen molar-refractivity contribution in [3.05, 3.63) is 24.4 Å². The number of nitrogens with one attached hydrogen (secondary N) is 1. The summed E-state index contributed by atoms with van der Waals surface area (Å²) in [4.78, 5) is 20.7. The number of amides is 1. The van der Waals surface area contributed by atoms with Gasteiger partial charge in [-0.25, -0.2) is 13.4 Å². The second-order valence-electron chi connectivity index (χ2n) is 6.22. The Morgan fingerprint density at radius 3 is 2.58 bits per heavy atom. The van der Waals surface area contributed by atoms with Crippen LogP contribution in [0.4, 0.5) is 5.82 Å². The van der Waals surface area contributed by atoms with Gasteiger partial charge in [0, 0.05) is 32.4 Å². The van der Waals surface area contributed by atoms with Crippen molar-refractivity contribution in [1.82, 2.24) is 15.2 Å². The lowest BCUT2D eigenvalue weighted by molar-refractivity contribution is -0.122. The average Bonchev–Trinajstić information content (AvgIpc) is 2.80. The van der Waals surface area contributed by atoms with E-state index in [1.807, 2.05) is 18.2 Å². The minimum Gasteiger partial charge on any atom is -0.354 e. The summed E-state index contributed by atoms with van der Waals surface area (Å²) in [7, 11) is -3.14. The maximum Gasteiger partial charge on any atom is 0.234 e. The summed E-state index contributed by atoms with van der Waals surface area (Å²) >= 11 is 6.02. The van der Waals surface area contributed by atoms with Crippen LogP contribution >= 0.6 is 11.6 Å². The Morgan fingerprint density at radius 1 is 1.25 bits per heavy atom. The number of anilines is 1. The predicted molar refractivity (Wildman–Crippen MR) is 93.1 cm³/mol. The van der Waals surface area contributed by atoms with Crippen molar-refractivity contribution in [2.75, 3.05) is 49.1 Å². The Balaban J connectivity index is 1.45. The van der Waals surface area contributed by atoms with Gasteiger partial charge in [0.25, 0.3) is 0 Å². The quantitative estimate of drug-likeness (QED) is 0.732. The van der Waals surface area contributed by atoms with E-state index in [0.29, 0.717) is 0 Å². The third-order valence-corrected chi connectivity index (χ3v) is 6.72. The topological polar surface area (TPSA) is 82.6 Å². The summed E-state index contributed by atoms with van der Waals surface area (Å²) in [6.07, 6.45) is 1.77. The first-order chi connectivity index (χ1) is 11.4. The van der Waals surface area contributed by atoms with E-state index in [1.54, 1.807) is 6.20 Å². The molecule has 0 radical (unpaired) electrons. The minimum absolute atomic E-state index is 0.0672. The molecule has 0 aromatic carbocycles. The third-order valence-electron chi connectivity index (χ3n) is 4.34. The number of hydrogen-bond acceptors (Lipinski definition) is 6. The van der Waals surface area contributed by atoms with Crippen LogP contribution in [0.3, 0.4) is 0 Å². The lowest BCUT2D eigenvalue weighted by Crippen LogP contribution is -2.51. The molecule has 2 saturated heterocycles. The molecule has 1 N–H and O–H groups in total. The first kappa shape index (κ1) is 17.4. The summed E-state index contributed by atoms with van der Waals surface area (Å²) in [5.41, 5.74) is 0. The van der Waals surface area contributed by atoms with Crippen LogP contribution in [0.5, 0.6) is 0 Å². The van der Waals surface area contributed by atoms with Gasteiger partial charge in [0.1, 0.15) is 5.82 Å². The van der Waals surface area contributed by atoms with Crippen molar-refractivity contribution in [2.45, 2.75) is 11.4 Å². The molecular formula is C15H21ClN4O3S. The Kier molecular flexibility index (Phi) is 5.27. The molecule has 1 aromatic heterocycles. The number of alkyl halides is 1. The highest BCUT2D eigenvalue weighted by atomic mass is 35.5. The van der Waals surface area contributed by atoms with Gasteiger partial charge in [-0.2, -0.15) is 0 Å². The molecule has 1 aromatic rings. The van der Waals surface area contributed by atoms with Crippen LogP contribution < -0.4 is 10.2 Å². The summed E-state index contributed by atoms with van der Waals surface area (Å²) in [6.45, 7) is 3.39. The smallest absolute Gasteiger partial charge is 0.234 e. The third kappa shape index (κ3) is 4.37. The zero-order valence-electron chi connectivity index (χ0n) is 13.3. The minimum atomic E-state index is -3.14. The fraction of sp³-hybridized carbons (Fsp3) is 0.600. The second kappa shape index (κ2) is 7.25. The molecule has 24 heavy (non-hydrogen) atoms. The molecule has 3 heterocycles. The van der Waals surface area contributed by atoms with E-state index in [4.69, 9.17) is 11.6 Å². The van der Waals surface area contributed by atoms with Crippen molar-refractivity contribution in [3.8, 4) is 0 Å². The molecular weight excluding hydrogens is 352 g/mol. The van der Waals surface area contributed by atoms with Gasteiger partial charge in [-0.15, -0.1) is 11.6 Å². The number of halogens is 1. The number of carbonyl (C=O) groups is 1. The Bertz CT molecular complexity index is 677. The maximum atomic E-state index is 12.1. The highest BCUT2D eigenvalue weighted by Crippen LogP contribution is 2.18. The first-order valence-corrected chi connectivity index (χ1v) is 10.2. The van der Waals surface area contributed by atoms with Gasteiger partial charge in [-0.3, -0.25) is 9.69 Å². The Labute approximate surface area is 146 Å². The van der Waals surface area contributed by atoms with Crippen molar-refractivity contribution in [2.24, 2.45) is 0 Å². The molecule has 9 heteroatoms. The molecule has 2 aliphatic heterocycles. The predicted octanol–water partition coefficient (Wildman–Crippen LogP) is -0.276. The largest absolute Gasteiger partial charge is 0.354 e. The molecule has 0 aliphatic carbocycles. The van der Waals surface area contributed by atoms with Crippen molar-refractivity contribution < 1.29 is 13.2 Å². The van der Waals surface area contributed by atoms with E-state index in [9.17, 15) is 13.2 Å². The number of nitrogens with zero attached hydrogens (tertiary/aromatic N) is 3. The fourth-order valence-electron chi connectivity index (χ4n) is 3.07. The van der Waals surface area contributed by atoms with E-state index in [1.165, 1.54) is 0 Å². The zero-order chi connectivity index (χ0) is 17.2. The number of rotatable bonds is 4. The SMILES string of the molecule is O=C(CN1CCN(c2ccccn2)CC1)N[C@H]1CS(=O)(=O)C[C@H]1Cl. The number of carbonyl (C=O) groups excluding carboxylic acids is 1. The molecule has 2 aliphatic rings. The average molecular weight is 373 g/mol. The number of hydrogen-bond donors (Lipinski definition) is 1. The van der Waals surface area contributed by atoms with Crippen LogP contribution in [-0.2, 0) is 14.6 Å². The van der Waals surface area contributed by atoms with E-state index in [-0.39, 0.29) is 24.0 Å². The van der Waals surface area contributed by atoms with Crippen molar-refractivity contribution >= 4 is 33.2 Å². The maximum absolute atomic E-state index is 12.1. The van der Waals surface area contributed by atoms with Gasteiger partial charge in [0.05, 0.1) is 29.5 Å². The van der Waals surface area contributed by atoms with Crippen LogP contribution in [0.2, 0.25) is 0 Å². The molecule has 0 saturated carbocycles. The van der Waals surface area contributed by atoms with Crippen molar-refractivity contribution in [1.29, 1.82) is 0 Å². The van der Waals surface area contributed by atoms with Crippen LogP contribution in [0.15, 0.2) is 24.4 Å². The highest BCUT2D eigenvalue weighted by molar-refractivity contribution is 7.91. The summed E-state index contributed by atoms with van der Waals surface area (Å²) < 4.78 is 23.1. The molecule has 0 spiro atoms. The van der Waals surface area contributed by atoms with E-state index < -0.39 is 21.3 Å². The monoisotopic (exact) mass is 372 g/mol. The van der Waals surface area contributed by atoms with Gasteiger partial charge in [0.15, 0.2) is 9.84 Å².